The van der Waals surface area contributed by atoms with E-state index in [1.165, 1.54) is 25.9 Å². The van der Waals surface area contributed by atoms with Gasteiger partial charge in [0.25, 0.3) is 0 Å². The SMILES string of the molecule is CC(C)C1CCCN(Cc2ncc[nH]2)C1. The van der Waals surface area contributed by atoms with Gasteiger partial charge in [-0.05, 0) is 31.2 Å². The highest BCUT2D eigenvalue weighted by Gasteiger charge is 2.22. The van der Waals surface area contributed by atoms with E-state index in [-0.39, 0.29) is 0 Å². The molecule has 0 aromatic carbocycles. The first kappa shape index (κ1) is 10.7. The van der Waals surface area contributed by atoms with Crippen LogP contribution in [-0.4, -0.2) is 28.0 Å². The molecule has 1 aromatic rings. The molecule has 1 aliphatic heterocycles. The standard InChI is InChI=1S/C12H21N3/c1-10(2)11-4-3-7-15(8-11)9-12-13-5-6-14-12/h5-6,10-11H,3-4,7-9H2,1-2H3,(H,13,14). The van der Waals surface area contributed by atoms with Gasteiger partial charge >= 0.3 is 0 Å². The third kappa shape index (κ3) is 2.81. The van der Waals surface area contributed by atoms with Crippen molar-refractivity contribution in [3.63, 3.8) is 0 Å². The van der Waals surface area contributed by atoms with Gasteiger partial charge in [0.2, 0.25) is 0 Å². The van der Waals surface area contributed by atoms with E-state index in [1.54, 1.807) is 0 Å². The Kier molecular flexibility index (Phi) is 3.41. The smallest absolute Gasteiger partial charge is 0.120 e. The molecule has 1 N–H and O–H groups in total. The summed E-state index contributed by atoms with van der Waals surface area (Å²) in [6.45, 7) is 8.11. The Bertz CT molecular complexity index is 279. The van der Waals surface area contributed by atoms with Crippen LogP contribution in [-0.2, 0) is 6.54 Å². The van der Waals surface area contributed by atoms with Crippen LogP contribution < -0.4 is 0 Å². The number of likely N-dealkylation sites (tertiary alicyclic amines) is 1. The normalized spacial score (nSPS) is 23.5. The van der Waals surface area contributed by atoms with Crippen molar-refractivity contribution in [2.75, 3.05) is 13.1 Å². The van der Waals surface area contributed by atoms with Gasteiger partial charge in [0.1, 0.15) is 5.82 Å². The summed E-state index contributed by atoms with van der Waals surface area (Å²) in [5.41, 5.74) is 0. The Morgan fingerprint density at radius 2 is 2.47 bits per heavy atom. The lowest BCUT2D eigenvalue weighted by Gasteiger charge is -2.34. The molecule has 2 rings (SSSR count). The Morgan fingerprint density at radius 3 is 3.13 bits per heavy atom. The van der Waals surface area contributed by atoms with Crippen LogP contribution >= 0.6 is 0 Å². The monoisotopic (exact) mass is 207 g/mol. The van der Waals surface area contributed by atoms with E-state index in [4.69, 9.17) is 0 Å². The largest absolute Gasteiger partial charge is 0.348 e. The second kappa shape index (κ2) is 4.79. The van der Waals surface area contributed by atoms with E-state index in [2.05, 4.69) is 28.7 Å². The van der Waals surface area contributed by atoms with Gasteiger partial charge in [-0.2, -0.15) is 0 Å². The van der Waals surface area contributed by atoms with E-state index >= 15 is 0 Å². The minimum Gasteiger partial charge on any atom is -0.348 e. The average Bonchev–Trinajstić information content (AvgIpc) is 2.71. The summed E-state index contributed by atoms with van der Waals surface area (Å²) in [4.78, 5) is 9.98. The van der Waals surface area contributed by atoms with Crippen molar-refractivity contribution in [2.45, 2.75) is 33.2 Å². The highest BCUT2D eigenvalue weighted by molar-refractivity contribution is 4.88. The lowest BCUT2D eigenvalue weighted by molar-refractivity contribution is 0.137. The first-order valence-corrected chi connectivity index (χ1v) is 5.96. The molecule has 3 heteroatoms. The zero-order valence-corrected chi connectivity index (χ0v) is 9.74. The van der Waals surface area contributed by atoms with Gasteiger partial charge in [0.15, 0.2) is 0 Å². The molecule has 15 heavy (non-hydrogen) atoms. The number of hydrogen-bond acceptors (Lipinski definition) is 2. The molecular formula is C12H21N3. The lowest BCUT2D eigenvalue weighted by atomic mass is 9.88. The number of imidazole rings is 1. The lowest BCUT2D eigenvalue weighted by Crippen LogP contribution is -2.37. The van der Waals surface area contributed by atoms with Crippen molar-refractivity contribution in [2.24, 2.45) is 11.8 Å². The first-order valence-electron chi connectivity index (χ1n) is 5.96. The molecule has 0 amide bonds. The van der Waals surface area contributed by atoms with Crippen molar-refractivity contribution >= 4 is 0 Å². The third-order valence-corrected chi connectivity index (χ3v) is 3.41. The molecule has 0 aliphatic carbocycles. The molecule has 0 saturated carbocycles. The number of H-pyrrole nitrogens is 1. The molecule has 1 unspecified atom stereocenters. The van der Waals surface area contributed by atoms with E-state index in [1.807, 2.05) is 12.4 Å². The number of nitrogens with one attached hydrogen (secondary N) is 1. The summed E-state index contributed by atoms with van der Waals surface area (Å²) < 4.78 is 0. The van der Waals surface area contributed by atoms with Gasteiger partial charge in [-0.15, -0.1) is 0 Å². The van der Waals surface area contributed by atoms with Crippen LogP contribution in [0.25, 0.3) is 0 Å². The summed E-state index contributed by atoms with van der Waals surface area (Å²) in [6.07, 6.45) is 6.47. The molecule has 3 nitrogen and oxygen atoms in total. The van der Waals surface area contributed by atoms with Gasteiger partial charge in [-0.3, -0.25) is 4.90 Å². The summed E-state index contributed by atoms with van der Waals surface area (Å²) >= 11 is 0. The van der Waals surface area contributed by atoms with E-state index in [0.717, 1.165) is 24.2 Å². The van der Waals surface area contributed by atoms with Crippen LogP contribution in [0.2, 0.25) is 0 Å². The van der Waals surface area contributed by atoms with E-state index < -0.39 is 0 Å². The Labute approximate surface area is 91.9 Å². The van der Waals surface area contributed by atoms with Crippen molar-refractivity contribution in [1.82, 2.24) is 14.9 Å². The molecule has 1 saturated heterocycles. The van der Waals surface area contributed by atoms with Crippen molar-refractivity contribution in [3.8, 4) is 0 Å². The Hall–Kier alpha value is -0.830. The van der Waals surface area contributed by atoms with Crippen LogP contribution in [0.1, 0.15) is 32.5 Å². The summed E-state index contributed by atoms with van der Waals surface area (Å²) in [5, 5.41) is 0. The minimum absolute atomic E-state index is 0.810. The van der Waals surface area contributed by atoms with Crippen LogP contribution in [0.4, 0.5) is 0 Å². The predicted octanol–water partition coefficient (Wildman–Crippen LogP) is 2.28. The van der Waals surface area contributed by atoms with Crippen molar-refractivity contribution in [1.29, 1.82) is 0 Å². The quantitative estimate of drug-likeness (QED) is 0.824. The number of hydrogen-bond donors (Lipinski definition) is 1. The summed E-state index contributed by atoms with van der Waals surface area (Å²) in [7, 11) is 0. The maximum Gasteiger partial charge on any atom is 0.120 e. The van der Waals surface area contributed by atoms with Gasteiger partial charge in [0.05, 0.1) is 6.54 Å². The second-order valence-electron chi connectivity index (χ2n) is 4.92. The van der Waals surface area contributed by atoms with E-state index in [9.17, 15) is 0 Å². The number of aromatic amines is 1. The predicted molar refractivity (Wildman–Crippen MR) is 61.4 cm³/mol. The van der Waals surface area contributed by atoms with Crippen LogP contribution in [0.5, 0.6) is 0 Å². The van der Waals surface area contributed by atoms with Gasteiger partial charge in [-0.1, -0.05) is 13.8 Å². The number of rotatable bonds is 3. The summed E-state index contributed by atoms with van der Waals surface area (Å²) in [5.74, 6) is 2.78. The highest BCUT2D eigenvalue weighted by atomic mass is 15.2. The molecule has 0 bridgehead atoms. The fourth-order valence-corrected chi connectivity index (χ4v) is 2.38. The first-order chi connectivity index (χ1) is 7.25. The average molecular weight is 207 g/mol. The maximum absolute atomic E-state index is 4.28. The van der Waals surface area contributed by atoms with Gasteiger partial charge in [0, 0.05) is 18.9 Å². The van der Waals surface area contributed by atoms with E-state index in [0.29, 0.717) is 0 Å². The Morgan fingerprint density at radius 1 is 1.60 bits per heavy atom. The fourth-order valence-electron chi connectivity index (χ4n) is 2.38. The van der Waals surface area contributed by atoms with Crippen LogP contribution in [0.15, 0.2) is 12.4 Å². The Balaban J connectivity index is 1.88. The second-order valence-corrected chi connectivity index (χ2v) is 4.92. The van der Waals surface area contributed by atoms with Gasteiger partial charge < -0.3 is 4.98 Å². The molecule has 1 aliphatic rings. The topological polar surface area (TPSA) is 31.9 Å². The maximum atomic E-state index is 4.28. The molecule has 1 aromatic heterocycles. The number of piperidine rings is 1. The molecule has 0 spiro atoms. The molecule has 84 valence electrons. The fraction of sp³-hybridized carbons (Fsp3) is 0.750. The van der Waals surface area contributed by atoms with Crippen molar-refractivity contribution < 1.29 is 0 Å². The van der Waals surface area contributed by atoms with Crippen LogP contribution in [0.3, 0.4) is 0 Å². The highest BCUT2D eigenvalue weighted by Crippen LogP contribution is 2.23. The molecule has 0 radical (unpaired) electrons. The summed E-state index contributed by atoms with van der Waals surface area (Å²) in [6, 6.07) is 0. The minimum atomic E-state index is 0.810. The number of nitrogens with zero attached hydrogens (tertiary/aromatic N) is 2. The molecular weight excluding hydrogens is 186 g/mol. The molecule has 1 fully saturated rings. The molecule has 2 heterocycles. The zero-order chi connectivity index (χ0) is 10.7. The van der Waals surface area contributed by atoms with Gasteiger partial charge in [-0.25, -0.2) is 4.98 Å². The molecule has 1 atom stereocenters. The number of aromatic nitrogens is 2. The van der Waals surface area contributed by atoms with Crippen molar-refractivity contribution in [3.05, 3.63) is 18.2 Å². The third-order valence-electron chi connectivity index (χ3n) is 3.41. The zero-order valence-electron chi connectivity index (χ0n) is 9.74. The van der Waals surface area contributed by atoms with Crippen LogP contribution in [0, 0.1) is 11.8 Å².